The molecule has 3 heterocycles. The minimum absolute atomic E-state index is 0.203. The third-order valence-electron chi connectivity index (χ3n) is 6.98. The van der Waals surface area contributed by atoms with E-state index in [-0.39, 0.29) is 24.3 Å². The van der Waals surface area contributed by atoms with Crippen LogP contribution in [0.3, 0.4) is 0 Å². The quantitative estimate of drug-likeness (QED) is 0.464. The van der Waals surface area contributed by atoms with E-state index < -0.39 is 0 Å². The third-order valence-corrected chi connectivity index (χ3v) is 6.98. The maximum atomic E-state index is 13.9. The molecule has 3 aromatic rings. The first-order chi connectivity index (χ1) is 17.8. The van der Waals surface area contributed by atoms with Gasteiger partial charge in [0, 0.05) is 31.6 Å². The molecule has 2 aliphatic rings. The van der Waals surface area contributed by atoms with Gasteiger partial charge in [-0.3, -0.25) is 9.59 Å². The monoisotopic (exact) mass is 502 g/mol. The molecule has 0 bridgehead atoms. The number of hydrogen-bond donors (Lipinski definition) is 2. The molecule has 2 aliphatic heterocycles. The van der Waals surface area contributed by atoms with Crippen LogP contribution in [0.2, 0.25) is 0 Å². The summed E-state index contributed by atoms with van der Waals surface area (Å²) >= 11 is 0. The van der Waals surface area contributed by atoms with Crippen LogP contribution >= 0.6 is 0 Å². The first kappa shape index (κ1) is 24.7. The zero-order valence-corrected chi connectivity index (χ0v) is 21.4. The van der Waals surface area contributed by atoms with Crippen molar-refractivity contribution in [1.29, 1.82) is 0 Å². The van der Waals surface area contributed by atoms with Crippen LogP contribution in [0, 0.1) is 26.6 Å². The molecule has 0 unspecified atom stereocenters. The second-order valence-electron chi connectivity index (χ2n) is 9.65. The largest absolute Gasteiger partial charge is 0.354 e. The zero-order chi connectivity index (χ0) is 26.1. The smallest absolute Gasteiger partial charge is 0.258 e. The van der Waals surface area contributed by atoms with Crippen LogP contribution in [0.15, 0.2) is 36.4 Å². The number of aromatic nitrogens is 2. The van der Waals surface area contributed by atoms with E-state index in [1.165, 1.54) is 12.1 Å². The number of halogens is 1. The van der Waals surface area contributed by atoms with E-state index in [4.69, 9.17) is 9.97 Å². The summed E-state index contributed by atoms with van der Waals surface area (Å²) in [5.74, 6) is 0.480. The summed E-state index contributed by atoms with van der Waals surface area (Å²) in [6.45, 7) is 8.19. The molecule has 9 heteroatoms. The van der Waals surface area contributed by atoms with Crippen LogP contribution in [0.25, 0.3) is 11.3 Å². The Labute approximate surface area is 215 Å². The fraction of sp³-hybridized carbons (Fsp3) is 0.357. The topological polar surface area (TPSA) is 90.5 Å². The first-order valence-electron chi connectivity index (χ1n) is 12.7. The molecule has 2 aromatic carbocycles. The second-order valence-corrected chi connectivity index (χ2v) is 9.65. The van der Waals surface area contributed by atoms with Gasteiger partial charge in [0.25, 0.3) is 5.91 Å². The number of hydrogen-bond acceptors (Lipinski definition) is 6. The number of para-hydroxylation sites is 1. The van der Waals surface area contributed by atoms with Crippen LogP contribution in [0.5, 0.6) is 0 Å². The van der Waals surface area contributed by atoms with Crippen molar-refractivity contribution in [2.75, 3.05) is 36.5 Å². The summed E-state index contributed by atoms with van der Waals surface area (Å²) in [6.07, 6.45) is 2.28. The molecule has 0 atom stereocenters. The Morgan fingerprint density at radius 2 is 1.84 bits per heavy atom. The Balaban J connectivity index is 1.56. The molecule has 192 valence electrons. The van der Waals surface area contributed by atoms with E-state index >= 15 is 0 Å². The molecule has 5 rings (SSSR count). The van der Waals surface area contributed by atoms with Crippen molar-refractivity contribution in [3.8, 4) is 11.3 Å². The number of amides is 2. The van der Waals surface area contributed by atoms with Crippen molar-refractivity contribution in [1.82, 2.24) is 20.2 Å². The summed E-state index contributed by atoms with van der Waals surface area (Å²) in [5.41, 5.74) is 5.25. The summed E-state index contributed by atoms with van der Waals surface area (Å²) < 4.78 is 13.9. The zero-order valence-electron chi connectivity index (χ0n) is 21.4. The summed E-state index contributed by atoms with van der Waals surface area (Å²) in [6, 6.07) is 10.5. The molecule has 2 N–H and O–H groups in total. The Hall–Kier alpha value is -4.01. The molecule has 1 fully saturated rings. The van der Waals surface area contributed by atoms with E-state index in [1.807, 2.05) is 41.8 Å². The fourth-order valence-corrected chi connectivity index (χ4v) is 5.16. The van der Waals surface area contributed by atoms with Gasteiger partial charge < -0.3 is 20.4 Å². The highest BCUT2D eigenvalue weighted by molar-refractivity contribution is 6.07. The van der Waals surface area contributed by atoms with E-state index in [2.05, 4.69) is 10.6 Å². The number of anilines is 3. The Bertz CT molecular complexity index is 1350. The number of nitrogens with zero attached hydrogens (tertiary/aromatic N) is 4. The lowest BCUT2D eigenvalue weighted by Gasteiger charge is -2.33. The van der Waals surface area contributed by atoms with Gasteiger partial charge in [0.05, 0.1) is 18.1 Å². The van der Waals surface area contributed by atoms with Gasteiger partial charge in [0.1, 0.15) is 11.4 Å². The molecule has 0 radical (unpaired) electrons. The van der Waals surface area contributed by atoms with Gasteiger partial charge in [-0.05, 0) is 68.5 Å². The van der Waals surface area contributed by atoms with Crippen LogP contribution in [-0.4, -0.2) is 53.0 Å². The van der Waals surface area contributed by atoms with Gasteiger partial charge in [0.2, 0.25) is 11.9 Å². The van der Waals surface area contributed by atoms with Crippen LogP contribution < -0.4 is 15.5 Å². The number of benzene rings is 2. The second kappa shape index (κ2) is 10.2. The Morgan fingerprint density at radius 3 is 2.54 bits per heavy atom. The first-order valence-corrected chi connectivity index (χ1v) is 12.7. The number of carbonyl (C=O) groups excluding carboxylic acids is 2. The average Bonchev–Trinajstić information content (AvgIpc) is 3.27. The summed E-state index contributed by atoms with van der Waals surface area (Å²) in [4.78, 5) is 38.6. The standard InChI is InChI=1S/C28H31FN6O2/c1-17-7-4-8-18(2)25(17)35-16-31-27(37)23-24(21-11-10-20(29)15-19(21)3)32-28(33-26(23)35)30-12-6-14-34-13-5-9-22(34)36/h4,7-8,10-11,15H,5-6,9,12-14,16H2,1-3H3,(H,31,37)(H,30,32,33). The minimum atomic E-state index is -0.347. The highest BCUT2D eigenvalue weighted by atomic mass is 19.1. The summed E-state index contributed by atoms with van der Waals surface area (Å²) in [5, 5.41) is 6.26. The van der Waals surface area contributed by atoms with Crippen LogP contribution in [0.1, 0.15) is 46.3 Å². The normalized spacial score (nSPS) is 15.1. The number of nitrogens with one attached hydrogen (secondary N) is 2. The number of carbonyl (C=O) groups is 2. The van der Waals surface area contributed by atoms with Crippen LogP contribution in [0.4, 0.5) is 21.8 Å². The molecule has 1 aromatic heterocycles. The van der Waals surface area contributed by atoms with E-state index in [0.29, 0.717) is 53.7 Å². The van der Waals surface area contributed by atoms with E-state index in [0.717, 1.165) is 36.2 Å². The Kier molecular flexibility index (Phi) is 6.78. The molecule has 1 saturated heterocycles. The lowest BCUT2D eigenvalue weighted by atomic mass is 9.99. The maximum absolute atomic E-state index is 13.9. The van der Waals surface area contributed by atoms with Crippen molar-refractivity contribution in [2.24, 2.45) is 0 Å². The van der Waals surface area contributed by atoms with Gasteiger partial charge in [-0.1, -0.05) is 18.2 Å². The van der Waals surface area contributed by atoms with Crippen molar-refractivity contribution < 1.29 is 14.0 Å². The molecule has 8 nitrogen and oxygen atoms in total. The van der Waals surface area contributed by atoms with Crippen LogP contribution in [-0.2, 0) is 4.79 Å². The molecule has 0 saturated carbocycles. The van der Waals surface area contributed by atoms with Gasteiger partial charge >= 0.3 is 0 Å². The maximum Gasteiger partial charge on any atom is 0.258 e. The van der Waals surface area contributed by atoms with Gasteiger partial charge in [-0.25, -0.2) is 9.37 Å². The molecular formula is C28H31FN6O2. The number of aryl methyl sites for hydroxylation is 3. The third kappa shape index (κ3) is 4.85. The molecule has 37 heavy (non-hydrogen) atoms. The minimum Gasteiger partial charge on any atom is -0.354 e. The molecule has 0 aliphatic carbocycles. The van der Waals surface area contributed by atoms with E-state index in [1.54, 1.807) is 13.0 Å². The van der Waals surface area contributed by atoms with Gasteiger partial charge in [0.15, 0.2) is 5.82 Å². The number of rotatable bonds is 7. The molecular weight excluding hydrogens is 471 g/mol. The predicted molar refractivity (Wildman–Crippen MR) is 141 cm³/mol. The predicted octanol–water partition coefficient (Wildman–Crippen LogP) is 4.47. The molecule has 0 spiro atoms. The van der Waals surface area contributed by atoms with Gasteiger partial charge in [-0.2, -0.15) is 4.98 Å². The lowest BCUT2D eigenvalue weighted by Crippen LogP contribution is -2.42. The van der Waals surface area contributed by atoms with Crippen molar-refractivity contribution in [2.45, 2.75) is 40.0 Å². The number of fused-ring (bicyclic) bond motifs is 1. The lowest BCUT2D eigenvalue weighted by molar-refractivity contribution is -0.127. The van der Waals surface area contributed by atoms with Crippen molar-refractivity contribution in [3.05, 3.63) is 64.5 Å². The van der Waals surface area contributed by atoms with Crippen molar-refractivity contribution >= 4 is 29.3 Å². The van der Waals surface area contributed by atoms with Gasteiger partial charge in [-0.15, -0.1) is 0 Å². The van der Waals surface area contributed by atoms with Crippen molar-refractivity contribution in [3.63, 3.8) is 0 Å². The van der Waals surface area contributed by atoms with E-state index in [9.17, 15) is 14.0 Å². The average molecular weight is 503 g/mol. The fourth-order valence-electron chi connectivity index (χ4n) is 5.16. The summed E-state index contributed by atoms with van der Waals surface area (Å²) in [7, 11) is 0. The SMILES string of the molecule is Cc1cc(F)ccc1-c1nc(NCCCN2CCCC2=O)nc2c1C(=O)NCN2c1c(C)cccc1C. The molecule has 2 amide bonds. The Morgan fingerprint density at radius 1 is 1.05 bits per heavy atom. The highest BCUT2D eigenvalue weighted by Crippen LogP contribution is 2.38. The number of likely N-dealkylation sites (tertiary alicyclic amines) is 1. The highest BCUT2D eigenvalue weighted by Gasteiger charge is 2.32.